The number of hydrogen-bond acceptors (Lipinski definition) is 6. The Bertz CT molecular complexity index is 957. The second kappa shape index (κ2) is 5.99. The standard InChI is InChI=1S/C16H16N8/c1-24-12(7-8-20-24)21-16-22-14(13-15(23-16)19-10-18-13)17-9-11-5-3-2-4-6-11/h2-8,10H,9H2,1H3,(H3,17,18,19,21,22,23). The molecule has 3 aromatic heterocycles. The van der Waals surface area contributed by atoms with Gasteiger partial charge in [0.05, 0.1) is 12.5 Å². The smallest absolute Gasteiger partial charge is 0.232 e. The predicted molar refractivity (Wildman–Crippen MR) is 91.9 cm³/mol. The average Bonchev–Trinajstić information content (AvgIpc) is 3.23. The van der Waals surface area contributed by atoms with Crippen molar-refractivity contribution in [1.29, 1.82) is 0 Å². The fraction of sp³-hybridized carbons (Fsp3) is 0.125. The first-order valence-electron chi connectivity index (χ1n) is 7.53. The molecule has 0 atom stereocenters. The molecule has 0 amide bonds. The number of aromatic amines is 1. The highest BCUT2D eigenvalue weighted by Crippen LogP contribution is 2.21. The molecular weight excluding hydrogens is 304 g/mol. The van der Waals surface area contributed by atoms with Crippen LogP contribution >= 0.6 is 0 Å². The molecule has 0 bridgehead atoms. The van der Waals surface area contributed by atoms with Gasteiger partial charge in [0.2, 0.25) is 5.95 Å². The van der Waals surface area contributed by atoms with E-state index in [1.807, 2.05) is 31.3 Å². The third-order valence-corrected chi connectivity index (χ3v) is 3.65. The first-order valence-corrected chi connectivity index (χ1v) is 7.53. The van der Waals surface area contributed by atoms with E-state index in [1.54, 1.807) is 17.2 Å². The largest absolute Gasteiger partial charge is 0.364 e. The summed E-state index contributed by atoms with van der Waals surface area (Å²) in [6.45, 7) is 0.664. The van der Waals surface area contributed by atoms with Crippen molar-refractivity contribution in [2.24, 2.45) is 7.05 Å². The summed E-state index contributed by atoms with van der Waals surface area (Å²) in [4.78, 5) is 16.3. The Morgan fingerprint density at radius 1 is 1.12 bits per heavy atom. The minimum absolute atomic E-state index is 0.466. The Kier molecular flexibility index (Phi) is 3.54. The Hall–Kier alpha value is -3.42. The van der Waals surface area contributed by atoms with Gasteiger partial charge in [-0.25, -0.2) is 4.98 Å². The van der Waals surface area contributed by atoms with Gasteiger partial charge in [-0.3, -0.25) is 4.68 Å². The maximum atomic E-state index is 4.56. The normalized spacial score (nSPS) is 10.9. The Labute approximate surface area is 138 Å². The molecule has 4 rings (SSSR count). The van der Waals surface area contributed by atoms with Crippen molar-refractivity contribution in [2.45, 2.75) is 6.54 Å². The molecule has 0 radical (unpaired) electrons. The van der Waals surface area contributed by atoms with Gasteiger partial charge < -0.3 is 15.6 Å². The van der Waals surface area contributed by atoms with Crippen LogP contribution in [0.1, 0.15) is 5.56 Å². The van der Waals surface area contributed by atoms with E-state index in [4.69, 9.17) is 0 Å². The second-order valence-corrected chi connectivity index (χ2v) is 5.30. The molecule has 8 nitrogen and oxygen atoms in total. The number of H-pyrrole nitrogens is 1. The number of nitrogens with zero attached hydrogens (tertiary/aromatic N) is 5. The molecule has 0 unspecified atom stereocenters. The van der Waals surface area contributed by atoms with Gasteiger partial charge in [-0.2, -0.15) is 15.1 Å². The van der Waals surface area contributed by atoms with Gasteiger partial charge >= 0.3 is 0 Å². The van der Waals surface area contributed by atoms with Crippen molar-refractivity contribution in [2.75, 3.05) is 10.6 Å². The molecule has 24 heavy (non-hydrogen) atoms. The zero-order valence-corrected chi connectivity index (χ0v) is 13.1. The number of imidazole rings is 1. The number of fused-ring (bicyclic) bond motifs is 1. The highest BCUT2D eigenvalue weighted by atomic mass is 15.3. The molecule has 4 aromatic rings. The van der Waals surface area contributed by atoms with Gasteiger partial charge in [0.1, 0.15) is 11.3 Å². The molecule has 0 spiro atoms. The molecule has 0 aliphatic rings. The monoisotopic (exact) mass is 320 g/mol. The summed E-state index contributed by atoms with van der Waals surface area (Å²) in [6.07, 6.45) is 3.32. The topological polar surface area (TPSA) is 96.3 Å². The third kappa shape index (κ3) is 2.76. The zero-order chi connectivity index (χ0) is 16.4. The number of benzene rings is 1. The van der Waals surface area contributed by atoms with Gasteiger partial charge in [-0.05, 0) is 5.56 Å². The van der Waals surface area contributed by atoms with Crippen LogP contribution in [0.2, 0.25) is 0 Å². The van der Waals surface area contributed by atoms with Gasteiger partial charge in [0.25, 0.3) is 0 Å². The fourth-order valence-electron chi connectivity index (χ4n) is 2.41. The number of anilines is 3. The Morgan fingerprint density at radius 3 is 2.79 bits per heavy atom. The molecule has 0 aliphatic heterocycles. The summed E-state index contributed by atoms with van der Waals surface area (Å²) in [5.74, 6) is 1.97. The van der Waals surface area contributed by atoms with E-state index in [0.29, 0.717) is 24.0 Å². The summed E-state index contributed by atoms with van der Waals surface area (Å²) in [7, 11) is 1.85. The molecule has 3 heterocycles. The van der Waals surface area contributed by atoms with E-state index >= 15 is 0 Å². The van der Waals surface area contributed by atoms with Crippen LogP contribution in [-0.4, -0.2) is 29.7 Å². The maximum absolute atomic E-state index is 4.56. The lowest BCUT2D eigenvalue weighted by molar-refractivity contribution is 0.775. The van der Waals surface area contributed by atoms with Crippen molar-refractivity contribution >= 4 is 28.7 Å². The minimum Gasteiger partial charge on any atom is -0.364 e. The van der Waals surface area contributed by atoms with E-state index in [9.17, 15) is 0 Å². The summed E-state index contributed by atoms with van der Waals surface area (Å²) in [5, 5.41) is 10.6. The highest BCUT2D eigenvalue weighted by molar-refractivity contribution is 5.84. The van der Waals surface area contributed by atoms with Crippen molar-refractivity contribution < 1.29 is 0 Å². The minimum atomic E-state index is 0.466. The first-order chi connectivity index (χ1) is 11.8. The second-order valence-electron chi connectivity index (χ2n) is 5.30. The van der Waals surface area contributed by atoms with Crippen LogP contribution in [0.15, 0.2) is 48.9 Å². The Balaban J connectivity index is 1.63. The summed E-state index contributed by atoms with van der Waals surface area (Å²) >= 11 is 0. The van der Waals surface area contributed by atoms with Crippen LogP contribution in [0, 0.1) is 0 Å². The number of aromatic nitrogens is 6. The Morgan fingerprint density at radius 2 is 2.00 bits per heavy atom. The van der Waals surface area contributed by atoms with E-state index < -0.39 is 0 Å². The quantitative estimate of drug-likeness (QED) is 0.523. The number of nitrogens with one attached hydrogen (secondary N) is 3. The summed E-state index contributed by atoms with van der Waals surface area (Å²) in [6, 6.07) is 12.0. The average molecular weight is 320 g/mol. The molecule has 3 N–H and O–H groups in total. The fourth-order valence-corrected chi connectivity index (χ4v) is 2.41. The van der Waals surface area contributed by atoms with Crippen LogP contribution in [0.4, 0.5) is 17.6 Å². The van der Waals surface area contributed by atoms with E-state index in [2.05, 4.69) is 47.8 Å². The van der Waals surface area contributed by atoms with Crippen molar-refractivity contribution in [3.63, 3.8) is 0 Å². The van der Waals surface area contributed by atoms with Crippen molar-refractivity contribution in [1.82, 2.24) is 29.7 Å². The van der Waals surface area contributed by atoms with Crippen LogP contribution in [0.5, 0.6) is 0 Å². The number of rotatable bonds is 5. The van der Waals surface area contributed by atoms with Crippen molar-refractivity contribution in [3.8, 4) is 0 Å². The molecule has 0 saturated heterocycles. The first kappa shape index (κ1) is 14.2. The lowest BCUT2D eigenvalue weighted by atomic mass is 10.2. The lowest BCUT2D eigenvalue weighted by Crippen LogP contribution is -2.07. The van der Waals surface area contributed by atoms with Crippen LogP contribution in [-0.2, 0) is 13.6 Å². The van der Waals surface area contributed by atoms with Crippen LogP contribution in [0.3, 0.4) is 0 Å². The molecule has 8 heteroatoms. The van der Waals surface area contributed by atoms with Gasteiger partial charge in [-0.1, -0.05) is 30.3 Å². The predicted octanol–water partition coefficient (Wildman–Crippen LogP) is 2.44. The summed E-state index contributed by atoms with van der Waals surface area (Å²) < 4.78 is 1.72. The highest BCUT2D eigenvalue weighted by Gasteiger charge is 2.11. The van der Waals surface area contributed by atoms with Crippen LogP contribution < -0.4 is 10.6 Å². The molecule has 1 aromatic carbocycles. The van der Waals surface area contributed by atoms with Crippen LogP contribution in [0.25, 0.3) is 11.2 Å². The molecule has 0 saturated carbocycles. The van der Waals surface area contributed by atoms with E-state index in [-0.39, 0.29) is 0 Å². The van der Waals surface area contributed by atoms with Crippen molar-refractivity contribution in [3.05, 3.63) is 54.5 Å². The van der Waals surface area contributed by atoms with Gasteiger partial charge in [0, 0.05) is 19.7 Å². The molecular formula is C16H16N8. The van der Waals surface area contributed by atoms with Gasteiger partial charge in [0.15, 0.2) is 11.5 Å². The lowest BCUT2D eigenvalue weighted by Gasteiger charge is -2.09. The SMILES string of the molecule is Cn1nccc1Nc1nc(NCc2ccccc2)c2[nH]cnc2n1. The maximum Gasteiger partial charge on any atom is 0.232 e. The molecule has 0 aliphatic carbocycles. The molecule has 120 valence electrons. The zero-order valence-electron chi connectivity index (χ0n) is 13.1. The number of aryl methyl sites for hydroxylation is 1. The van der Waals surface area contributed by atoms with E-state index in [1.165, 1.54) is 5.56 Å². The number of hydrogen-bond donors (Lipinski definition) is 3. The van der Waals surface area contributed by atoms with E-state index in [0.717, 1.165) is 11.3 Å². The third-order valence-electron chi connectivity index (χ3n) is 3.65. The molecule has 0 fully saturated rings. The van der Waals surface area contributed by atoms with Gasteiger partial charge in [-0.15, -0.1) is 0 Å². The summed E-state index contributed by atoms with van der Waals surface area (Å²) in [5.41, 5.74) is 2.55.